The molecule has 154 valence electrons. The van der Waals surface area contributed by atoms with Crippen LogP contribution in [0.25, 0.3) is 0 Å². The molecule has 1 amide bonds. The van der Waals surface area contributed by atoms with Gasteiger partial charge in [0.1, 0.15) is 5.69 Å². The van der Waals surface area contributed by atoms with Crippen LogP contribution in [0, 0.1) is 10.1 Å². The molecule has 29 heavy (non-hydrogen) atoms. The molecule has 0 radical (unpaired) electrons. The van der Waals surface area contributed by atoms with Crippen LogP contribution in [0.4, 0.5) is 11.4 Å². The second-order valence-corrected chi connectivity index (χ2v) is 6.16. The molecule has 4 N–H and O–H groups in total. The lowest BCUT2D eigenvalue weighted by atomic mass is 10.1. The minimum Gasteiger partial charge on any atom is -0.378 e. The molecule has 0 bridgehead atoms. The van der Waals surface area contributed by atoms with E-state index in [0.29, 0.717) is 36.8 Å². The quantitative estimate of drug-likeness (QED) is 0.168. The number of para-hydroxylation sites is 2. The third-order valence-corrected chi connectivity index (χ3v) is 4.18. The number of anilines is 1. The van der Waals surface area contributed by atoms with Gasteiger partial charge in [-0.25, -0.2) is 0 Å². The maximum Gasteiger partial charge on any atom is 0.292 e. The first-order valence-corrected chi connectivity index (χ1v) is 9.28. The molecule has 0 spiro atoms. The third kappa shape index (κ3) is 6.80. The molecule has 9 heteroatoms. The van der Waals surface area contributed by atoms with Crippen LogP contribution in [0.15, 0.2) is 53.5 Å². The van der Waals surface area contributed by atoms with Crippen LogP contribution in [0.5, 0.6) is 0 Å². The Morgan fingerprint density at radius 2 is 1.83 bits per heavy atom. The van der Waals surface area contributed by atoms with Crippen molar-refractivity contribution in [3.05, 3.63) is 69.8 Å². The molecule has 0 aromatic heterocycles. The number of carbonyl (C=O) groups excluding carboxylic acids is 1. The highest BCUT2D eigenvalue weighted by Gasteiger charge is 2.11. The Bertz CT molecular complexity index is 869. The number of rotatable bonds is 9. The number of nitro groups is 1. The summed E-state index contributed by atoms with van der Waals surface area (Å²) in [4.78, 5) is 26.5. The van der Waals surface area contributed by atoms with E-state index >= 15 is 0 Å². The van der Waals surface area contributed by atoms with E-state index in [1.54, 1.807) is 38.4 Å². The number of amides is 1. The summed E-state index contributed by atoms with van der Waals surface area (Å²) in [5.74, 6) is 0.528. The van der Waals surface area contributed by atoms with Gasteiger partial charge < -0.3 is 21.3 Å². The van der Waals surface area contributed by atoms with Crippen LogP contribution in [0.1, 0.15) is 15.9 Å². The van der Waals surface area contributed by atoms with Crippen LogP contribution in [-0.4, -0.2) is 50.5 Å². The molecular weight excluding hydrogens is 372 g/mol. The summed E-state index contributed by atoms with van der Waals surface area (Å²) in [7, 11) is 3.29. The Labute approximate surface area is 169 Å². The van der Waals surface area contributed by atoms with Crippen LogP contribution in [0.2, 0.25) is 0 Å². The average Bonchev–Trinajstić information content (AvgIpc) is 2.75. The Hall–Kier alpha value is -3.62. The first kappa shape index (κ1) is 21.7. The number of nitrogens with one attached hydrogen (secondary N) is 4. The van der Waals surface area contributed by atoms with Gasteiger partial charge in [-0.3, -0.25) is 19.9 Å². The maximum absolute atomic E-state index is 11.7. The number of guanidine groups is 1. The summed E-state index contributed by atoms with van der Waals surface area (Å²) in [5.41, 5.74) is 2.22. The van der Waals surface area contributed by atoms with E-state index in [2.05, 4.69) is 26.3 Å². The summed E-state index contributed by atoms with van der Waals surface area (Å²) in [5, 5.41) is 23.1. The normalized spacial score (nSPS) is 10.9. The van der Waals surface area contributed by atoms with Crippen LogP contribution in [0.3, 0.4) is 0 Å². The average molecular weight is 398 g/mol. The number of hydrogen-bond donors (Lipinski definition) is 4. The molecule has 0 aliphatic rings. The van der Waals surface area contributed by atoms with Gasteiger partial charge in [0.2, 0.25) is 0 Å². The molecule has 0 saturated carbocycles. The van der Waals surface area contributed by atoms with E-state index in [0.717, 1.165) is 12.0 Å². The lowest BCUT2D eigenvalue weighted by Crippen LogP contribution is -2.40. The number of carbonyl (C=O) groups is 1. The van der Waals surface area contributed by atoms with Gasteiger partial charge >= 0.3 is 0 Å². The smallest absolute Gasteiger partial charge is 0.292 e. The Balaban J connectivity index is 1.75. The molecule has 9 nitrogen and oxygen atoms in total. The van der Waals surface area contributed by atoms with Crippen molar-refractivity contribution in [1.82, 2.24) is 16.0 Å². The van der Waals surface area contributed by atoms with Gasteiger partial charge in [-0.15, -0.1) is 0 Å². The molecule has 2 aromatic carbocycles. The molecule has 2 rings (SSSR count). The van der Waals surface area contributed by atoms with Gasteiger partial charge in [0.05, 0.1) is 4.92 Å². The minimum atomic E-state index is -0.407. The van der Waals surface area contributed by atoms with E-state index < -0.39 is 4.92 Å². The fraction of sp³-hybridized carbons (Fsp3) is 0.300. The van der Waals surface area contributed by atoms with Gasteiger partial charge in [0, 0.05) is 45.4 Å². The van der Waals surface area contributed by atoms with Crippen LogP contribution >= 0.6 is 0 Å². The molecule has 2 aromatic rings. The second-order valence-electron chi connectivity index (χ2n) is 6.16. The Morgan fingerprint density at radius 1 is 1.07 bits per heavy atom. The highest BCUT2D eigenvalue weighted by molar-refractivity contribution is 5.94. The number of aliphatic imine (C=N–C) groups is 1. The van der Waals surface area contributed by atoms with Crippen molar-refractivity contribution < 1.29 is 9.72 Å². The van der Waals surface area contributed by atoms with Crippen molar-refractivity contribution in [2.75, 3.05) is 39.0 Å². The summed E-state index contributed by atoms with van der Waals surface area (Å²) < 4.78 is 0. The molecule has 0 aliphatic carbocycles. The zero-order valence-corrected chi connectivity index (χ0v) is 16.6. The standard InChI is InChI=1S/C20H26N6O3/c1-21-19(27)16-7-5-6-15(14-16)10-11-24-20(22-2)25-13-12-23-17-8-3-4-9-18(17)26(28)29/h3-9,14,23H,10-13H2,1-2H3,(H,21,27)(H2,22,24,25). The molecule has 0 aliphatic heterocycles. The predicted molar refractivity (Wildman–Crippen MR) is 114 cm³/mol. The SMILES string of the molecule is CN=C(NCCNc1ccccc1[N+](=O)[O-])NCCc1cccc(C(=O)NC)c1. The minimum absolute atomic E-state index is 0.0500. The monoisotopic (exact) mass is 398 g/mol. The largest absolute Gasteiger partial charge is 0.378 e. The van der Waals surface area contributed by atoms with E-state index in [4.69, 9.17) is 0 Å². The van der Waals surface area contributed by atoms with E-state index in [9.17, 15) is 14.9 Å². The van der Waals surface area contributed by atoms with Gasteiger partial charge in [-0.05, 0) is 30.2 Å². The Morgan fingerprint density at radius 3 is 2.55 bits per heavy atom. The number of benzene rings is 2. The zero-order chi connectivity index (χ0) is 21.1. The highest BCUT2D eigenvalue weighted by atomic mass is 16.6. The molecule has 0 atom stereocenters. The molecule has 0 unspecified atom stereocenters. The number of nitrogens with zero attached hydrogens (tertiary/aromatic N) is 2. The van der Waals surface area contributed by atoms with Crippen LogP contribution in [-0.2, 0) is 6.42 Å². The summed E-state index contributed by atoms with van der Waals surface area (Å²) in [6.45, 7) is 1.69. The van der Waals surface area contributed by atoms with Crippen molar-refractivity contribution in [3.8, 4) is 0 Å². The number of hydrogen-bond acceptors (Lipinski definition) is 5. The Kier molecular flexibility index (Phi) is 8.43. The van der Waals surface area contributed by atoms with Crippen molar-refractivity contribution in [1.29, 1.82) is 0 Å². The topological polar surface area (TPSA) is 121 Å². The highest BCUT2D eigenvalue weighted by Crippen LogP contribution is 2.22. The first-order valence-electron chi connectivity index (χ1n) is 9.28. The predicted octanol–water partition coefficient (Wildman–Crippen LogP) is 1.77. The molecular formula is C20H26N6O3. The number of nitro benzene ring substituents is 1. The van der Waals surface area contributed by atoms with Crippen molar-refractivity contribution in [3.63, 3.8) is 0 Å². The van der Waals surface area contributed by atoms with Gasteiger partial charge in [-0.2, -0.15) is 0 Å². The van der Waals surface area contributed by atoms with Gasteiger partial charge in [0.15, 0.2) is 5.96 Å². The first-order chi connectivity index (χ1) is 14.0. The van der Waals surface area contributed by atoms with Gasteiger partial charge in [0.25, 0.3) is 11.6 Å². The van der Waals surface area contributed by atoms with Gasteiger partial charge in [-0.1, -0.05) is 24.3 Å². The zero-order valence-electron chi connectivity index (χ0n) is 16.6. The third-order valence-electron chi connectivity index (χ3n) is 4.18. The maximum atomic E-state index is 11.7. The van der Waals surface area contributed by atoms with E-state index in [1.807, 2.05) is 18.2 Å². The lowest BCUT2D eigenvalue weighted by molar-refractivity contribution is -0.384. The molecule has 0 fully saturated rings. The van der Waals surface area contributed by atoms with Crippen molar-refractivity contribution in [2.24, 2.45) is 4.99 Å². The van der Waals surface area contributed by atoms with Crippen molar-refractivity contribution >= 4 is 23.2 Å². The second kappa shape index (κ2) is 11.3. The molecule has 0 heterocycles. The summed E-state index contributed by atoms with van der Waals surface area (Å²) >= 11 is 0. The van der Waals surface area contributed by atoms with E-state index in [-0.39, 0.29) is 11.6 Å². The fourth-order valence-corrected chi connectivity index (χ4v) is 2.72. The lowest BCUT2D eigenvalue weighted by Gasteiger charge is -2.13. The summed E-state index contributed by atoms with van der Waals surface area (Å²) in [6, 6.07) is 14.0. The fourth-order valence-electron chi connectivity index (χ4n) is 2.72. The summed E-state index contributed by atoms with van der Waals surface area (Å²) in [6.07, 6.45) is 0.736. The molecule has 0 saturated heterocycles. The van der Waals surface area contributed by atoms with Crippen LogP contribution < -0.4 is 21.3 Å². The van der Waals surface area contributed by atoms with E-state index in [1.165, 1.54) is 6.07 Å². The van der Waals surface area contributed by atoms with Crippen molar-refractivity contribution in [2.45, 2.75) is 6.42 Å².